The zero-order valence-electron chi connectivity index (χ0n) is 21.7. The van der Waals surface area contributed by atoms with E-state index in [1.54, 1.807) is 61.2 Å². The number of halogens is 2. The van der Waals surface area contributed by atoms with E-state index >= 15 is 0 Å². The number of phenolic OH excluding ortho intramolecular Hbond substituents is 1. The van der Waals surface area contributed by atoms with E-state index in [9.17, 15) is 0 Å². The van der Waals surface area contributed by atoms with Crippen LogP contribution in [0.1, 0.15) is 22.3 Å². The maximum atomic E-state index is 8.90. The van der Waals surface area contributed by atoms with Crippen molar-refractivity contribution in [3.8, 4) is 47.2 Å². The number of rotatable bonds is 3. The van der Waals surface area contributed by atoms with E-state index < -0.39 is 0 Å². The van der Waals surface area contributed by atoms with E-state index in [0.29, 0.717) is 22.6 Å². The van der Waals surface area contributed by atoms with Crippen LogP contribution in [0, 0.1) is 45.3 Å². The summed E-state index contributed by atoms with van der Waals surface area (Å²) in [5.41, 5.74) is 2.26. The Bertz CT molecular complexity index is 1690. The third kappa shape index (κ3) is 10.3. The third-order valence-electron chi connectivity index (χ3n) is 5.04. The highest BCUT2D eigenvalue weighted by atomic mass is 36.5. The van der Waals surface area contributed by atoms with Gasteiger partial charge in [0.25, 0.3) is 0 Å². The number of benzene rings is 2. The number of hydrogen-bond acceptors (Lipinski definition) is 8. The molecular formula is C31H20Cl2N7O2+. The molecule has 0 bridgehead atoms. The number of aromatic hydroxyl groups is 1. The summed E-state index contributed by atoms with van der Waals surface area (Å²) in [6.45, 7) is 0. The van der Waals surface area contributed by atoms with E-state index in [2.05, 4.69) is 31.7 Å². The maximum Gasteiger partial charge on any atom is 0.213 e. The molecule has 2 aromatic carbocycles. The summed E-state index contributed by atoms with van der Waals surface area (Å²) in [7, 11) is 8.22. The quantitative estimate of drug-likeness (QED) is 0.233. The predicted molar refractivity (Wildman–Crippen MR) is 155 cm³/mol. The first-order chi connectivity index (χ1) is 20.6. The molecule has 0 aliphatic carbocycles. The van der Waals surface area contributed by atoms with E-state index in [-0.39, 0.29) is 16.9 Å². The summed E-state index contributed by atoms with van der Waals surface area (Å²) in [5.74, 6) is 1.15. The van der Waals surface area contributed by atoms with Crippen molar-refractivity contribution in [1.82, 2.24) is 9.97 Å². The Morgan fingerprint density at radius 1 is 0.595 bits per heavy atom. The van der Waals surface area contributed by atoms with Crippen molar-refractivity contribution >= 4 is 21.7 Å². The van der Waals surface area contributed by atoms with Crippen LogP contribution < -0.4 is 9.30 Å². The molecule has 0 unspecified atom stereocenters. The Labute approximate surface area is 252 Å². The van der Waals surface area contributed by atoms with Crippen molar-refractivity contribution in [1.29, 1.82) is 21.0 Å². The first kappa shape index (κ1) is 32.2. The molecule has 9 nitrogen and oxygen atoms in total. The lowest BCUT2D eigenvalue weighted by molar-refractivity contribution is -0.595. The van der Waals surface area contributed by atoms with Crippen molar-refractivity contribution < 1.29 is 14.4 Å². The molecule has 0 atom stereocenters. The average Bonchev–Trinajstić information content (AvgIpc) is 3.07. The lowest BCUT2D eigenvalue weighted by atomic mass is 10.1. The zero-order chi connectivity index (χ0) is 30.6. The summed E-state index contributed by atoms with van der Waals surface area (Å²) in [6, 6.07) is 29.7. The van der Waals surface area contributed by atoms with Gasteiger partial charge in [0.1, 0.15) is 41.5 Å². The van der Waals surface area contributed by atoms with Crippen LogP contribution in [0.2, 0.25) is 0 Å². The fourth-order valence-electron chi connectivity index (χ4n) is 3.13. The molecule has 0 radical (unpaired) electrons. The van der Waals surface area contributed by atoms with Crippen LogP contribution in [0.4, 0.5) is 0 Å². The zero-order valence-corrected chi connectivity index (χ0v) is 23.2. The van der Waals surface area contributed by atoms with Gasteiger partial charge in [-0.05, 0) is 48.5 Å². The van der Waals surface area contributed by atoms with Gasteiger partial charge >= 0.3 is 0 Å². The van der Waals surface area contributed by atoms with Gasteiger partial charge in [0.2, 0.25) is 5.69 Å². The Morgan fingerprint density at radius 3 is 1.64 bits per heavy atom. The van der Waals surface area contributed by atoms with Crippen molar-refractivity contribution in [3.63, 3.8) is 0 Å². The van der Waals surface area contributed by atoms with Crippen molar-refractivity contribution in [2.45, 2.75) is 0 Å². The predicted octanol–water partition coefficient (Wildman–Crippen LogP) is 6.49. The highest BCUT2D eigenvalue weighted by Gasteiger charge is 2.04. The third-order valence-corrected chi connectivity index (χ3v) is 5.04. The molecule has 204 valence electrons. The first-order valence-electron chi connectivity index (χ1n) is 11.7. The highest BCUT2D eigenvalue weighted by molar-refractivity contribution is 6.85. The molecule has 11 heteroatoms. The van der Waals surface area contributed by atoms with Gasteiger partial charge in [0, 0.05) is 70.8 Å². The molecule has 0 saturated carbocycles. The summed E-state index contributed by atoms with van der Waals surface area (Å²) >= 11 is 0. The van der Waals surface area contributed by atoms with Crippen LogP contribution in [-0.4, -0.2) is 15.1 Å². The number of nitriles is 4. The van der Waals surface area contributed by atoms with Crippen LogP contribution in [-0.2, 0) is 0 Å². The van der Waals surface area contributed by atoms with Gasteiger partial charge in [0.05, 0.1) is 22.3 Å². The van der Waals surface area contributed by atoms with Gasteiger partial charge in [-0.1, -0.05) is 6.07 Å². The minimum absolute atomic E-state index is 0.000509. The van der Waals surface area contributed by atoms with Gasteiger partial charge in [-0.3, -0.25) is 9.97 Å². The molecule has 3 heterocycles. The minimum Gasteiger partial charge on any atom is -0.508 e. The lowest BCUT2D eigenvalue weighted by Crippen LogP contribution is -2.28. The van der Waals surface area contributed by atoms with E-state index in [1.165, 1.54) is 18.2 Å². The monoisotopic (exact) mass is 592 g/mol. The van der Waals surface area contributed by atoms with Crippen LogP contribution in [0.3, 0.4) is 0 Å². The van der Waals surface area contributed by atoms with Gasteiger partial charge in [-0.25, -0.2) is 0 Å². The van der Waals surface area contributed by atoms with Crippen LogP contribution in [0.25, 0.3) is 5.69 Å². The number of nitrogens with zero attached hydrogens (tertiary/aromatic N) is 7. The van der Waals surface area contributed by atoms with Crippen molar-refractivity contribution in [2.75, 3.05) is 0 Å². The molecule has 1 N–H and O–H groups in total. The molecule has 0 aliphatic heterocycles. The van der Waals surface area contributed by atoms with Crippen molar-refractivity contribution in [3.05, 3.63) is 138 Å². The molecule has 0 spiro atoms. The van der Waals surface area contributed by atoms with E-state index in [1.807, 2.05) is 65.5 Å². The summed E-state index contributed by atoms with van der Waals surface area (Å²) in [5, 5.41) is 43.5. The fourth-order valence-corrected chi connectivity index (χ4v) is 3.13. The Kier molecular flexibility index (Phi) is 14.1. The molecular weight excluding hydrogens is 573 g/mol. The summed E-state index contributed by atoms with van der Waals surface area (Å²) in [4.78, 5) is 7.83. The highest BCUT2D eigenvalue weighted by Crippen LogP contribution is 2.23. The van der Waals surface area contributed by atoms with Crippen LogP contribution >= 0.6 is 21.7 Å². The summed E-state index contributed by atoms with van der Waals surface area (Å²) in [6.07, 6.45) is 10.8. The number of ether oxygens (including phenoxy) is 1. The number of hydrogen-bond donors (Lipinski definition) is 1. The van der Waals surface area contributed by atoms with Crippen molar-refractivity contribution in [2.24, 2.45) is 0 Å². The largest absolute Gasteiger partial charge is 0.508 e. The molecule has 0 aliphatic rings. The number of phenols is 1. The summed E-state index contributed by atoms with van der Waals surface area (Å²) < 4.78 is 7.56. The van der Waals surface area contributed by atoms with Gasteiger partial charge in [-0.2, -0.15) is 25.6 Å². The maximum absolute atomic E-state index is 8.90. The average molecular weight is 593 g/mol. The Morgan fingerprint density at radius 2 is 1.10 bits per heavy atom. The normalized spacial score (nSPS) is 8.71. The van der Waals surface area contributed by atoms with Crippen LogP contribution in [0.15, 0.2) is 116 Å². The minimum atomic E-state index is 0.000509. The second-order valence-corrected chi connectivity index (χ2v) is 7.66. The molecule has 0 saturated heterocycles. The molecule has 5 rings (SSSR count). The molecule has 0 fully saturated rings. The number of pyridine rings is 3. The second-order valence-electron chi connectivity index (χ2n) is 7.66. The lowest BCUT2D eigenvalue weighted by Gasteiger charge is -2.05. The SMILES string of the molecule is ClCl.N#Cc1ccc(O)cc1C#N.N#Cc1ccc(Oc2ccncc2)cc1C#N.c1cc[n+](-c2ccncc2)cc1. The van der Waals surface area contributed by atoms with Gasteiger partial charge in [0.15, 0.2) is 12.4 Å². The van der Waals surface area contributed by atoms with E-state index in [0.717, 1.165) is 5.69 Å². The Hall–Kier alpha value is -5.97. The molecule has 0 amide bonds. The molecule has 5 aromatic rings. The smallest absolute Gasteiger partial charge is 0.213 e. The van der Waals surface area contributed by atoms with E-state index in [4.69, 9.17) is 30.9 Å². The first-order valence-corrected chi connectivity index (χ1v) is 12.9. The number of aromatic nitrogens is 3. The topological polar surface area (TPSA) is 154 Å². The molecule has 3 aromatic heterocycles. The molecule has 42 heavy (non-hydrogen) atoms. The van der Waals surface area contributed by atoms with Crippen LogP contribution in [0.5, 0.6) is 17.2 Å². The van der Waals surface area contributed by atoms with Gasteiger partial charge in [-0.15, -0.1) is 0 Å². The van der Waals surface area contributed by atoms with Gasteiger partial charge < -0.3 is 9.84 Å². The standard InChI is InChI=1S/C13H7N3O.C10H9N2.C8H4N2O.Cl2/c14-8-10-1-2-13(7-11(10)9-15)17-12-3-5-16-6-4-12;1-2-8-12(9-3-1)10-4-6-11-7-5-10;9-4-6-1-2-8(11)3-7(6)5-10;1-2/h1-7H;1-9H;1-3,11H;/q;+1;;. The second kappa shape index (κ2) is 18.3. The fraction of sp³-hybridized carbons (Fsp3) is 0. The Balaban J connectivity index is 0.000000220.